The van der Waals surface area contributed by atoms with Gasteiger partial charge in [-0.3, -0.25) is 0 Å². The van der Waals surface area contributed by atoms with Crippen molar-refractivity contribution in [2.24, 2.45) is 5.73 Å². The van der Waals surface area contributed by atoms with Gasteiger partial charge < -0.3 is 10.6 Å². The molecule has 0 radical (unpaired) electrons. The Labute approximate surface area is 117 Å². The van der Waals surface area contributed by atoms with Crippen molar-refractivity contribution < 1.29 is 0 Å². The predicted molar refractivity (Wildman–Crippen MR) is 83.5 cm³/mol. The Morgan fingerprint density at radius 1 is 1.39 bits per heavy atom. The largest absolute Gasteiger partial charge is 0.389 e. The number of nitrogens with zero attached hydrogens (tertiary/aromatic N) is 1. The third-order valence-electron chi connectivity index (χ3n) is 2.83. The third-order valence-corrected chi connectivity index (χ3v) is 3.78. The fraction of sp³-hybridized carbons (Fsp3) is 0.214. The van der Waals surface area contributed by atoms with Gasteiger partial charge in [-0.1, -0.05) is 23.8 Å². The second-order valence-corrected chi connectivity index (χ2v) is 5.59. The van der Waals surface area contributed by atoms with E-state index in [-0.39, 0.29) is 0 Å². The maximum atomic E-state index is 5.80. The standard InChI is InChI=1S/C14H16N2S2/c1-10-3-4-13(12(7-10)14(15)17)16(2)8-11-5-6-18-9-11/h3-7,9H,8H2,1-2H3,(H2,15,17). The van der Waals surface area contributed by atoms with Crippen molar-refractivity contribution in [3.05, 3.63) is 51.7 Å². The minimum absolute atomic E-state index is 0.450. The minimum atomic E-state index is 0.450. The molecule has 0 aliphatic rings. The van der Waals surface area contributed by atoms with Crippen LogP contribution in [0.2, 0.25) is 0 Å². The molecule has 4 heteroatoms. The summed E-state index contributed by atoms with van der Waals surface area (Å²) in [5.74, 6) is 0. The Hall–Kier alpha value is -1.39. The van der Waals surface area contributed by atoms with E-state index in [4.69, 9.17) is 18.0 Å². The molecule has 0 amide bonds. The minimum Gasteiger partial charge on any atom is -0.389 e. The molecule has 2 nitrogen and oxygen atoms in total. The highest BCUT2D eigenvalue weighted by atomic mass is 32.1. The summed E-state index contributed by atoms with van der Waals surface area (Å²) in [7, 11) is 2.06. The summed E-state index contributed by atoms with van der Waals surface area (Å²) in [6.45, 7) is 2.91. The van der Waals surface area contributed by atoms with E-state index >= 15 is 0 Å². The molecular formula is C14H16N2S2. The van der Waals surface area contributed by atoms with Gasteiger partial charge >= 0.3 is 0 Å². The van der Waals surface area contributed by atoms with Gasteiger partial charge in [0.25, 0.3) is 0 Å². The van der Waals surface area contributed by atoms with Crippen LogP contribution in [0.1, 0.15) is 16.7 Å². The molecule has 1 aromatic carbocycles. The SMILES string of the molecule is Cc1ccc(N(C)Cc2ccsc2)c(C(N)=S)c1. The van der Waals surface area contributed by atoms with Crippen molar-refractivity contribution in [2.75, 3.05) is 11.9 Å². The molecule has 0 fully saturated rings. The quantitative estimate of drug-likeness (QED) is 0.869. The van der Waals surface area contributed by atoms with Gasteiger partial charge in [-0.2, -0.15) is 11.3 Å². The molecular weight excluding hydrogens is 260 g/mol. The van der Waals surface area contributed by atoms with Gasteiger partial charge in [0.15, 0.2) is 0 Å². The first kappa shape index (κ1) is 13.1. The summed E-state index contributed by atoms with van der Waals surface area (Å²) >= 11 is 6.84. The van der Waals surface area contributed by atoms with E-state index in [1.54, 1.807) is 11.3 Å². The fourth-order valence-electron chi connectivity index (χ4n) is 1.92. The van der Waals surface area contributed by atoms with Gasteiger partial charge in [-0.05, 0) is 41.4 Å². The van der Waals surface area contributed by atoms with E-state index in [0.29, 0.717) is 4.99 Å². The average Bonchev–Trinajstić information content (AvgIpc) is 2.81. The molecule has 0 aliphatic heterocycles. The number of anilines is 1. The highest BCUT2D eigenvalue weighted by molar-refractivity contribution is 7.80. The van der Waals surface area contributed by atoms with Crippen molar-refractivity contribution in [3.8, 4) is 0 Å². The van der Waals surface area contributed by atoms with Gasteiger partial charge in [-0.25, -0.2) is 0 Å². The molecule has 18 heavy (non-hydrogen) atoms. The first-order valence-electron chi connectivity index (χ1n) is 5.70. The molecule has 2 rings (SSSR count). The van der Waals surface area contributed by atoms with E-state index < -0.39 is 0 Å². The fourth-order valence-corrected chi connectivity index (χ4v) is 2.75. The molecule has 0 spiro atoms. The number of thiocarbonyl (C=S) groups is 1. The van der Waals surface area contributed by atoms with Crippen molar-refractivity contribution in [2.45, 2.75) is 13.5 Å². The molecule has 0 saturated heterocycles. The second kappa shape index (κ2) is 5.50. The van der Waals surface area contributed by atoms with E-state index in [1.807, 2.05) is 13.0 Å². The molecule has 0 saturated carbocycles. The lowest BCUT2D eigenvalue weighted by molar-refractivity contribution is 0.926. The first-order chi connectivity index (χ1) is 8.58. The second-order valence-electron chi connectivity index (χ2n) is 4.37. The molecule has 0 aliphatic carbocycles. The van der Waals surface area contributed by atoms with Crippen LogP contribution in [0.5, 0.6) is 0 Å². The van der Waals surface area contributed by atoms with Gasteiger partial charge in [-0.15, -0.1) is 0 Å². The summed E-state index contributed by atoms with van der Waals surface area (Å²) in [6, 6.07) is 8.34. The number of hydrogen-bond donors (Lipinski definition) is 1. The van der Waals surface area contributed by atoms with Crippen LogP contribution in [-0.4, -0.2) is 12.0 Å². The Bertz CT molecular complexity index is 547. The van der Waals surface area contributed by atoms with E-state index in [1.165, 1.54) is 11.1 Å². The van der Waals surface area contributed by atoms with Crippen LogP contribution in [0.25, 0.3) is 0 Å². The van der Waals surface area contributed by atoms with Crippen LogP contribution >= 0.6 is 23.6 Å². The highest BCUT2D eigenvalue weighted by Crippen LogP contribution is 2.23. The summed E-state index contributed by atoms with van der Waals surface area (Å²) in [6.07, 6.45) is 0. The number of benzene rings is 1. The number of nitrogens with two attached hydrogens (primary N) is 1. The zero-order chi connectivity index (χ0) is 13.1. The van der Waals surface area contributed by atoms with Gasteiger partial charge in [0.05, 0.1) is 0 Å². The Morgan fingerprint density at radius 3 is 2.78 bits per heavy atom. The predicted octanol–water partition coefficient (Wildman–Crippen LogP) is 3.33. The lowest BCUT2D eigenvalue weighted by Crippen LogP contribution is -2.21. The van der Waals surface area contributed by atoms with Crippen LogP contribution < -0.4 is 10.6 Å². The zero-order valence-corrected chi connectivity index (χ0v) is 12.1. The maximum absolute atomic E-state index is 5.80. The smallest absolute Gasteiger partial charge is 0.106 e. The number of hydrogen-bond acceptors (Lipinski definition) is 3. The number of rotatable bonds is 4. The van der Waals surface area contributed by atoms with Crippen LogP contribution in [0.15, 0.2) is 35.0 Å². The van der Waals surface area contributed by atoms with Gasteiger partial charge in [0.1, 0.15) is 4.99 Å². The highest BCUT2D eigenvalue weighted by Gasteiger charge is 2.10. The molecule has 0 atom stereocenters. The van der Waals surface area contributed by atoms with Crippen LogP contribution in [0.3, 0.4) is 0 Å². The lowest BCUT2D eigenvalue weighted by atomic mass is 10.1. The topological polar surface area (TPSA) is 29.3 Å². The summed E-state index contributed by atoms with van der Waals surface area (Å²) in [4.78, 5) is 2.63. The normalized spacial score (nSPS) is 10.3. The Morgan fingerprint density at radius 2 is 2.17 bits per heavy atom. The third kappa shape index (κ3) is 2.89. The Balaban J connectivity index is 2.29. The molecule has 1 aromatic heterocycles. The van der Waals surface area contributed by atoms with Crippen LogP contribution in [-0.2, 0) is 6.54 Å². The van der Waals surface area contributed by atoms with Crippen LogP contribution in [0.4, 0.5) is 5.69 Å². The van der Waals surface area contributed by atoms with Crippen molar-refractivity contribution >= 4 is 34.2 Å². The van der Waals surface area contributed by atoms with Crippen molar-refractivity contribution in [3.63, 3.8) is 0 Å². The van der Waals surface area contributed by atoms with Crippen LogP contribution in [0, 0.1) is 6.92 Å². The summed E-state index contributed by atoms with van der Waals surface area (Å²) in [5.41, 5.74) is 10.3. The molecule has 2 aromatic rings. The van der Waals surface area contributed by atoms with E-state index in [0.717, 1.165) is 17.8 Å². The van der Waals surface area contributed by atoms with E-state index in [2.05, 4.69) is 40.9 Å². The van der Waals surface area contributed by atoms with Crippen molar-refractivity contribution in [1.82, 2.24) is 0 Å². The maximum Gasteiger partial charge on any atom is 0.106 e. The van der Waals surface area contributed by atoms with E-state index in [9.17, 15) is 0 Å². The molecule has 94 valence electrons. The molecule has 0 unspecified atom stereocenters. The summed E-state index contributed by atoms with van der Waals surface area (Å²) < 4.78 is 0. The van der Waals surface area contributed by atoms with Gasteiger partial charge in [0.2, 0.25) is 0 Å². The molecule has 1 heterocycles. The molecule has 0 bridgehead atoms. The monoisotopic (exact) mass is 276 g/mol. The summed E-state index contributed by atoms with van der Waals surface area (Å²) in [5, 5.41) is 4.25. The zero-order valence-electron chi connectivity index (χ0n) is 10.5. The first-order valence-corrected chi connectivity index (χ1v) is 7.05. The lowest BCUT2D eigenvalue weighted by Gasteiger charge is -2.22. The average molecular weight is 276 g/mol. The van der Waals surface area contributed by atoms with Crippen molar-refractivity contribution in [1.29, 1.82) is 0 Å². The van der Waals surface area contributed by atoms with Gasteiger partial charge in [0, 0.05) is 24.8 Å². The molecule has 2 N–H and O–H groups in total. The number of aryl methyl sites for hydroxylation is 1. The number of thiophene rings is 1. The Kier molecular flexibility index (Phi) is 3.99.